The predicted octanol–water partition coefficient (Wildman–Crippen LogP) is 2.04. The first-order chi connectivity index (χ1) is 13.2. The second kappa shape index (κ2) is 6.49. The van der Waals surface area contributed by atoms with Crippen LogP contribution >= 0.6 is 0 Å². The summed E-state index contributed by atoms with van der Waals surface area (Å²) in [5, 5.41) is 15.5. The SMILES string of the molecule is O=C(Cc1noc2ccccc12)N1C[C@H]2C[C@@H](n3ccnc3)[C@H](O)C[C@H]2C1. The number of aliphatic hydroxyl groups excluding tert-OH is 1. The highest BCUT2D eigenvalue weighted by Crippen LogP contribution is 2.41. The van der Waals surface area contributed by atoms with Gasteiger partial charge in [-0.3, -0.25) is 4.79 Å². The van der Waals surface area contributed by atoms with Crippen LogP contribution in [0.3, 0.4) is 0 Å². The van der Waals surface area contributed by atoms with E-state index in [1.54, 1.807) is 12.5 Å². The Morgan fingerprint density at radius 2 is 2.04 bits per heavy atom. The number of likely N-dealkylation sites (tertiary alicyclic amines) is 1. The van der Waals surface area contributed by atoms with Gasteiger partial charge in [-0.2, -0.15) is 0 Å². The van der Waals surface area contributed by atoms with Gasteiger partial charge in [0.1, 0.15) is 5.69 Å². The topological polar surface area (TPSA) is 84.4 Å². The van der Waals surface area contributed by atoms with E-state index in [2.05, 4.69) is 10.1 Å². The fourth-order valence-corrected chi connectivity index (χ4v) is 4.72. The molecule has 0 unspecified atom stereocenters. The molecule has 1 N–H and O–H groups in total. The first-order valence-electron chi connectivity index (χ1n) is 9.45. The number of nitrogens with zero attached hydrogens (tertiary/aromatic N) is 4. The van der Waals surface area contributed by atoms with Gasteiger partial charge < -0.3 is 19.1 Å². The van der Waals surface area contributed by atoms with Gasteiger partial charge in [0.25, 0.3) is 0 Å². The predicted molar refractivity (Wildman–Crippen MR) is 97.8 cm³/mol. The van der Waals surface area contributed by atoms with Crippen molar-refractivity contribution in [3.05, 3.63) is 48.7 Å². The molecule has 1 saturated heterocycles. The fourth-order valence-electron chi connectivity index (χ4n) is 4.72. The molecular formula is C20H22N4O3. The highest BCUT2D eigenvalue weighted by molar-refractivity contribution is 5.86. The number of rotatable bonds is 3. The first kappa shape index (κ1) is 16.5. The summed E-state index contributed by atoms with van der Waals surface area (Å²) in [6, 6.07) is 7.66. The van der Waals surface area contributed by atoms with Crippen LogP contribution in [0, 0.1) is 11.8 Å². The van der Waals surface area contributed by atoms with Crippen LogP contribution < -0.4 is 0 Å². The molecule has 3 heterocycles. The second-order valence-corrected chi connectivity index (χ2v) is 7.74. The maximum absolute atomic E-state index is 12.9. The van der Waals surface area contributed by atoms with Crippen LogP contribution in [-0.2, 0) is 11.2 Å². The van der Waals surface area contributed by atoms with Crippen molar-refractivity contribution in [3.8, 4) is 0 Å². The minimum absolute atomic E-state index is 0.0447. The number of para-hydroxylation sites is 1. The lowest BCUT2D eigenvalue weighted by molar-refractivity contribution is -0.129. The van der Waals surface area contributed by atoms with Crippen LogP contribution in [0.4, 0.5) is 0 Å². The van der Waals surface area contributed by atoms with Crippen LogP contribution in [0.2, 0.25) is 0 Å². The van der Waals surface area contributed by atoms with Crippen LogP contribution in [0.15, 0.2) is 47.5 Å². The van der Waals surface area contributed by atoms with Crippen LogP contribution in [0.1, 0.15) is 24.6 Å². The number of amides is 1. The van der Waals surface area contributed by atoms with Gasteiger partial charge in [-0.05, 0) is 36.8 Å². The molecule has 1 aliphatic carbocycles. The van der Waals surface area contributed by atoms with Crippen LogP contribution in [0.5, 0.6) is 0 Å². The summed E-state index contributed by atoms with van der Waals surface area (Å²) in [7, 11) is 0. The number of carbonyl (C=O) groups excluding carboxylic acids is 1. The summed E-state index contributed by atoms with van der Waals surface area (Å²) < 4.78 is 7.31. The molecule has 2 aromatic heterocycles. The molecule has 0 spiro atoms. The number of benzene rings is 1. The average Bonchev–Trinajstić information content (AvgIpc) is 3.40. The highest BCUT2D eigenvalue weighted by Gasteiger charge is 2.43. The van der Waals surface area contributed by atoms with E-state index in [9.17, 15) is 9.90 Å². The number of fused-ring (bicyclic) bond motifs is 2. The third-order valence-corrected chi connectivity index (χ3v) is 6.14. The smallest absolute Gasteiger partial charge is 0.228 e. The molecule has 1 saturated carbocycles. The molecule has 7 nitrogen and oxygen atoms in total. The molecule has 7 heteroatoms. The zero-order chi connectivity index (χ0) is 18.4. The van der Waals surface area contributed by atoms with Gasteiger partial charge in [-0.15, -0.1) is 0 Å². The number of aromatic nitrogens is 3. The van der Waals surface area contributed by atoms with Gasteiger partial charge in [0.15, 0.2) is 5.58 Å². The number of hydrogen-bond donors (Lipinski definition) is 1. The standard InChI is InChI=1S/C20H22N4O3/c25-18-8-14-11-24(10-13(14)7-17(18)23-6-5-21-12-23)20(26)9-16-15-3-1-2-4-19(15)27-22-16/h1-6,12-14,17-18,25H,7-11H2/t13-,14+,17-,18-/m1/s1. The average molecular weight is 366 g/mol. The molecule has 27 heavy (non-hydrogen) atoms. The lowest BCUT2D eigenvalue weighted by Gasteiger charge is -2.35. The lowest BCUT2D eigenvalue weighted by atomic mass is 9.77. The molecule has 0 radical (unpaired) electrons. The Morgan fingerprint density at radius 3 is 2.85 bits per heavy atom. The maximum atomic E-state index is 12.9. The third-order valence-electron chi connectivity index (χ3n) is 6.14. The number of hydrogen-bond acceptors (Lipinski definition) is 5. The zero-order valence-corrected chi connectivity index (χ0v) is 14.9. The molecule has 0 bridgehead atoms. The Kier molecular flexibility index (Phi) is 3.97. The Morgan fingerprint density at radius 1 is 1.22 bits per heavy atom. The summed E-state index contributed by atoms with van der Waals surface area (Å²) in [6.07, 6.45) is 6.87. The minimum Gasteiger partial charge on any atom is -0.391 e. The van der Waals surface area contributed by atoms with E-state index >= 15 is 0 Å². The van der Waals surface area contributed by atoms with E-state index in [4.69, 9.17) is 4.52 Å². The molecule has 2 fully saturated rings. The molecule has 1 aliphatic heterocycles. The molecule has 5 rings (SSSR count). The summed E-state index contributed by atoms with van der Waals surface area (Å²) in [4.78, 5) is 18.9. The summed E-state index contributed by atoms with van der Waals surface area (Å²) in [5.74, 6) is 0.855. The molecule has 1 aromatic carbocycles. The van der Waals surface area contributed by atoms with Gasteiger partial charge in [-0.25, -0.2) is 4.98 Å². The summed E-state index contributed by atoms with van der Waals surface area (Å²) >= 11 is 0. The molecule has 2 aliphatic rings. The Hall–Kier alpha value is -2.67. The second-order valence-electron chi connectivity index (χ2n) is 7.74. The fraction of sp³-hybridized carbons (Fsp3) is 0.450. The van der Waals surface area contributed by atoms with Crippen molar-refractivity contribution in [3.63, 3.8) is 0 Å². The third kappa shape index (κ3) is 2.92. The maximum Gasteiger partial charge on any atom is 0.228 e. The monoisotopic (exact) mass is 366 g/mol. The number of aliphatic hydroxyl groups is 1. The van der Waals surface area contributed by atoms with E-state index in [0.717, 1.165) is 24.8 Å². The van der Waals surface area contributed by atoms with Crippen molar-refractivity contribution in [2.45, 2.75) is 31.4 Å². The van der Waals surface area contributed by atoms with E-state index in [0.29, 0.717) is 29.7 Å². The molecule has 140 valence electrons. The summed E-state index contributed by atoms with van der Waals surface area (Å²) in [6.45, 7) is 1.46. The molecule has 4 atom stereocenters. The van der Waals surface area contributed by atoms with Crippen molar-refractivity contribution in [2.75, 3.05) is 13.1 Å². The normalized spacial score (nSPS) is 27.8. The lowest BCUT2D eigenvalue weighted by Crippen LogP contribution is -2.35. The van der Waals surface area contributed by atoms with Gasteiger partial charge in [0.2, 0.25) is 5.91 Å². The van der Waals surface area contributed by atoms with Gasteiger partial charge in [-0.1, -0.05) is 17.3 Å². The number of imidazole rings is 1. The Balaban J connectivity index is 1.28. The summed E-state index contributed by atoms with van der Waals surface area (Å²) in [5.41, 5.74) is 1.41. The zero-order valence-electron chi connectivity index (χ0n) is 14.9. The first-order valence-corrected chi connectivity index (χ1v) is 9.45. The van der Waals surface area contributed by atoms with E-state index in [-0.39, 0.29) is 18.4 Å². The largest absolute Gasteiger partial charge is 0.391 e. The Bertz CT molecular complexity index is 951. The van der Waals surface area contributed by atoms with E-state index < -0.39 is 6.10 Å². The van der Waals surface area contributed by atoms with E-state index in [1.807, 2.05) is 39.9 Å². The minimum atomic E-state index is -0.394. The molecule has 3 aromatic rings. The Labute approximate surface area is 156 Å². The quantitative estimate of drug-likeness (QED) is 0.767. The van der Waals surface area contributed by atoms with Crippen molar-refractivity contribution in [1.29, 1.82) is 0 Å². The van der Waals surface area contributed by atoms with Crippen molar-refractivity contribution < 1.29 is 14.4 Å². The highest BCUT2D eigenvalue weighted by atomic mass is 16.5. The van der Waals surface area contributed by atoms with E-state index in [1.165, 1.54) is 0 Å². The molecular weight excluding hydrogens is 344 g/mol. The number of carbonyl (C=O) groups is 1. The van der Waals surface area contributed by atoms with Crippen molar-refractivity contribution in [1.82, 2.24) is 19.6 Å². The van der Waals surface area contributed by atoms with Gasteiger partial charge in [0, 0.05) is 30.9 Å². The van der Waals surface area contributed by atoms with Crippen molar-refractivity contribution in [2.24, 2.45) is 11.8 Å². The van der Waals surface area contributed by atoms with Crippen molar-refractivity contribution >= 4 is 16.9 Å². The van der Waals surface area contributed by atoms with Crippen LogP contribution in [0.25, 0.3) is 11.0 Å². The van der Waals surface area contributed by atoms with Gasteiger partial charge >= 0.3 is 0 Å². The molecule has 1 amide bonds. The van der Waals surface area contributed by atoms with Gasteiger partial charge in [0.05, 0.1) is 24.9 Å². The van der Waals surface area contributed by atoms with Crippen LogP contribution in [-0.4, -0.2) is 49.8 Å².